The summed E-state index contributed by atoms with van der Waals surface area (Å²) in [4.78, 5) is 26.3. The van der Waals surface area contributed by atoms with E-state index in [9.17, 15) is 14.7 Å². The highest BCUT2D eigenvalue weighted by molar-refractivity contribution is 5.94. The summed E-state index contributed by atoms with van der Waals surface area (Å²) in [6.07, 6.45) is 3.41. The standard InChI is InChI=1S/C17H23NO4/c1-12-7-8-15(19)14(11-12)17(21)22-13(2)16(20)18-9-5-3-4-6-10-18/h7-8,11,13,19H,3-6,9-10H2,1-2H3/t13-/m0/s1. The van der Waals surface area contributed by atoms with Gasteiger partial charge in [-0.3, -0.25) is 4.79 Å². The van der Waals surface area contributed by atoms with Crippen molar-refractivity contribution in [3.8, 4) is 5.75 Å². The number of amides is 1. The molecule has 1 aromatic carbocycles. The molecular formula is C17H23NO4. The van der Waals surface area contributed by atoms with E-state index in [2.05, 4.69) is 0 Å². The minimum Gasteiger partial charge on any atom is -0.507 e. The molecule has 0 bridgehead atoms. The second kappa shape index (κ2) is 7.29. The Bertz CT molecular complexity index is 548. The molecule has 1 aliphatic heterocycles. The van der Waals surface area contributed by atoms with Crippen LogP contribution in [0.15, 0.2) is 18.2 Å². The highest BCUT2D eigenvalue weighted by Gasteiger charge is 2.25. The van der Waals surface area contributed by atoms with Crippen LogP contribution < -0.4 is 0 Å². The van der Waals surface area contributed by atoms with Gasteiger partial charge in [-0.25, -0.2) is 4.79 Å². The zero-order chi connectivity index (χ0) is 16.1. The number of esters is 1. The second-order valence-corrected chi connectivity index (χ2v) is 5.81. The van der Waals surface area contributed by atoms with Crippen molar-refractivity contribution in [3.05, 3.63) is 29.3 Å². The fourth-order valence-corrected chi connectivity index (χ4v) is 2.64. The number of aromatic hydroxyl groups is 1. The Hall–Kier alpha value is -2.04. The van der Waals surface area contributed by atoms with Crippen molar-refractivity contribution in [1.29, 1.82) is 0 Å². The lowest BCUT2D eigenvalue weighted by Gasteiger charge is -2.24. The Balaban J connectivity index is 2.01. The number of ether oxygens (including phenoxy) is 1. The number of rotatable bonds is 3. The normalized spacial score (nSPS) is 16.7. The molecule has 5 nitrogen and oxygen atoms in total. The third kappa shape index (κ3) is 4.00. The van der Waals surface area contributed by atoms with E-state index in [1.807, 2.05) is 6.92 Å². The van der Waals surface area contributed by atoms with E-state index in [4.69, 9.17) is 4.74 Å². The number of nitrogens with zero attached hydrogens (tertiary/aromatic N) is 1. The molecule has 2 rings (SSSR count). The van der Waals surface area contributed by atoms with Crippen molar-refractivity contribution in [2.24, 2.45) is 0 Å². The van der Waals surface area contributed by atoms with Gasteiger partial charge in [0.15, 0.2) is 6.10 Å². The number of hydrogen-bond donors (Lipinski definition) is 1. The van der Waals surface area contributed by atoms with Crippen LogP contribution in [0.1, 0.15) is 48.5 Å². The molecule has 0 spiro atoms. The lowest BCUT2D eigenvalue weighted by Crippen LogP contribution is -2.40. The minimum atomic E-state index is -0.842. The van der Waals surface area contributed by atoms with Crippen LogP contribution in [0.25, 0.3) is 0 Å². The quantitative estimate of drug-likeness (QED) is 0.872. The van der Waals surface area contributed by atoms with E-state index < -0.39 is 12.1 Å². The van der Waals surface area contributed by atoms with Gasteiger partial charge in [-0.1, -0.05) is 24.5 Å². The molecular weight excluding hydrogens is 282 g/mol. The zero-order valence-electron chi connectivity index (χ0n) is 13.2. The number of phenolic OH excluding ortho intramolecular Hbond substituents is 1. The number of aryl methyl sites for hydroxylation is 1. The number of likely N-dealkylation sites (tertiary alicyclic amines) is 1. The summed E-state index contributed by atoms with van der Waals surface area (Å²) < 4.78 is 5.24. The van der Waals surface area contributed by atoms with Crippen LogP contribution in [0, 0.1) is 6.92 Å². The largest absolute Gasteiger partial charge is 0.507 e. The number of benzene rings is 1. The summed E-state index contributed by atoms with van der Waals surface area (Å²) in [7, 11) is 0. The Morgan fingerprint density at radius 2 is 1.82 bits per heavy atom. The zero-order valence-corrected chi connectivity index (χ0v) is 13.2. The molecule has 1 N–H and O–H groups in total. The summed E-state index contributed by atoms with van der Waals surface area (Å²) in [5.74, 6) is -0.968. The first-order valence-electron chi connectivity index (χ1n) is 7.78. The molecule has 0 aliphatic carbocycles. The lowest BCUT2D eigenvalue weighted by atomic mass is 10.1. The van der Waals surface area contributed by atoms with Crippen molar-refractivity contribution in [2.45, 2.75) is 45.6 Å². The Morgan fingerprint density at radius 3 is 2.45 bits per heavy atom. The van der Waals surface area contributed by atoms with Gasteiger partial charge < -0.3 is 14.7 Å². The van der Waals surface area contributed by atoms with E-state index >= 15 is 0 Å². The molecule has 0 saturated carbocycles. The molecule has 1 aromatic rings. The highest BCUT2D eigenvalue weighted by atomic mass is 16.5. The van der Waals surface area contributed by atoms with E-state index in [-0.39, 0.29) is 17.2 Å². The van der Waals surface area contributed by atoms with Crippen LogP contribution in [0.4, 0.5) is 0 Å². The van der Waals surface area contributed by atoms with Gasteiger partial charge in [-0.05, 0) is 38.8 Å². The third-order valence-corrected chi connectivity index (χ3v) is 3.92. The van der Waals surface area contributed by atoms with Gasteiger partial charge in [-0.15, -0.1) is 0 Å². The second-order valence-electron chi connectivity index (χ2n) is 5.81. The average Bonchev–Trinajstić information content (AvgIpc) is 2.77. The number of hydrogen-bond acceptors (Lipinski definition) is 4. The SMILES string of the molecule is Cc1ccc(O)c(C(=O)O[C@@H](C)C(=O)N2CCCCCC2)c1. The van der Waals surface area contributed by atoms with Crippen molar-refractivity contribution in [3.63, 3.8) is 0 Å². The molecule has 0 radical (unpaired) electrons. The summed E-state index contributed by atoms with van der Waals surface area (Å²) in [6, 6.07) is 4.71. The molecule has 1 heterocycles. The Labute approximate surface area is 130 Å². The predicted molar refractivity (Wildman–Crippen MR) is 82.8 cm³/mol. The van der Waals surface area contributed by atoms with E-state index in [1.165, 1.54) is 6.07 Å². The van der Waals surface area contributed by atoms with Crippen LogP contribution in [0.2, 0.25) is 0 Å². The molecule has 1 saturated heterocycles. The average molecular weight is 305 g/mol. The van der Waals surface area contributed by atoms with Gasteiger partial charge in [0.25, 0.3) is 5.91 Å². The number of phenols is 1. The third-order valence-electron chi connectivity index (χ3n) is 3.92. The lowest BCUT2D eigenvalue weighted by molar-refractivity contribution is -0.139. The molecule has 120 valence electrons. The first-order valence-corrected chi connectivity index (χ1v) is 7.78. The topological polar surface area (TPSA) is 66.8 Å². The molecule has 1 aliphatic rings. The predicted octanol–water partition coefficient (Wildman–Crippen LogP) is 2.65. The highest BCUT2D eigenvalue weighted by Crippen LogP contribution is 2.20. The van der Waals surface area contributed by atoms with Crippen molar-refractivity contribution >= 4 is 11.9 Å². The van der Waals surface area contributed by atoms with Gasteiger partial charge in [0.05, 0.1) is 0 Å². The van der Waals surface area contributed by atoms with Gasteiger partial charge in [0.2, 0.25) is 0 Å². The fourth-order valence-electron chi connectivity index (χ4n) is 2.64. The smallest absolute Gasteiger partial charge is 0.342 e. The van der Waals surface area contributed by atoms with Crippen LogP contribution in [-0.4, -0.2) is 41.1 Å². The van der Waals surface area contributed by atoms with Gasteiger partial charge in [0, 0.05) is 13.1 Å². The van der Waals surface area contributed by atoms with E-state index in [0.717, 1.165) is 44.3 Å². The number of carbonyl (C=O) groups is 2. The summed E-state index contributed by atoms with van der Waals surface area (Å²) in [5.41, 5.74) is 0.937. The maximum Gasteiger partial charge on any atom is 0.342 e. The molecule has 1 fully saturated rings. The van der Waals surface area contributed by atoms with Gasteiger partial charge >= 0.3 is 5.97 Å². The van der Waals surface area contributed by atoms with E-state index in [1.54, 1.807) is 24.0 Å². The summed E-state index contributed by atoms with van der Waals surface area (Å²) in [6.45, 7) is 4.84. The maximum absolute atomic E-state index is 12.4. The molecule has 1 atom stereocenters. The van der Waals surface area contributed by atoms with Crippen LogP contribution in [0.3, 0.4) is 0 Å². The van der Waals surface area contributed by atoms with Crippen molar-refractivity contribution < 1.29 is 19.4 Å². The molecule has 0 aromatic heterocycles. The number of carbonyl (C=O) groups excluding carboxylic acids is 2. The monoisotopic (exact) mass is 305 g/mol. The van der Waals surface area contributed by atoms with E-state index in [0.29, 0.717) is 0 Å². The molecule has 22 heavy (non-hydrogen) atoms. The Kier molecular flexibility index (Phi) is 5.41. The maximum atomic E-state index is 12.4. The summed E-state index contributed by atoms with van der Waals surface area (Å²) in [5, 5.41) is 9.75. The van der Waals surface area contributed by atoms with Crippen LogP contribution >= 0.6 is 0 Å². The van der Waals surface area contributed by atoms with Crippen LogP contribution in [0.5, 0.6) is 5.75 Å². The summed E-state index contributed by atoms with van der Waals surface area (Å²) >= 11 is 0. The van der Waals surface area contributed by atoms with Crippen molar-refractivity contribution in [1.82, 2.24) is 4.90 Å². The minimum absolute atomic E-state index is 0.0931. The van der Waals surface area contributed by atoms with Crippen molar-refractivity contribution in [2.75, 3.05) is 13.1 Å². The molecule has 5 heteroatoms. The first-order chi connectivity index (χ1) is 10.5. The van der Waals surface area contributed by atoms with Gasteiger partial charge in [0.1, 0.15) is 11.3 Å². The molecule has 1 amide bonds. The van der Waals surface area contributed by atoms with Crippen LogP contribution in [-0.2, 0) is 9.53 Å². The molecule has 0 unspecified atom stereocenters. The fraction of sp³-hybridized carbons (Fsp3) is 0.529. The Morgan fingerprint density at radius 1 is 1.18 bits per heavy atom. The first kappa shape index (κ1) is 16.3. The van der Waals surface area contributed by atoms with Gasteiger partial charge in [-0.2, -0.15) is 0 Å².